The lowest BCUT2D eigenvalue weighted by Gasteiger charge is -2.10. The molecular weight excluding hydrogens is 264 g/mol. The van der Waals surface area contributed by atoms with Crippen molar-refractivity contribution >= 4 is 10.9 Å². The minimum Gasteiger partial charge on any atom is -0.496 e. The van der Waals surface area contributed by atoms with Crippen LogP contribution in [0.1, 0.15) is 11.1 Å². The highest BCUT2D eigenvalue weighted by molar-refractivity contribution is 5.85. The highest BCUT2D eigenvalue weighted by atomic mass is 16.5. The van der Waals surface area contributed by atoms with Gasteiger partial charge in [0, 0.05) is 0 Å². The van der Waals surface area contributed by atoms with Gasteiger partial charge in [-0.2, -0.15) is 0 Å². The van der Waals surface area contributed by atoms with Crippen LogP contribution in [0.2, 0.25) is 0 Å². The van der Waals surface area contributed by atoms with Crippen LogP contribution in [0.5, 0.6) is 17.4 Å². The maximum atomic E-state index is 5.91. The van der Waals surface area contributed by atoms with Gasteiger partial charge in [-0.3, -0.25) is 0 Å². The maximum absolute atomic E-state index is 5.91. The summed E-state index contributed by atoms with van der Waals surface area (Å²) in [5, 5.41) is 0.835. The Morgan fingerprint density at radius 3 is 2.62 bits per heavy atom. The van der Waals surface area contributed by atoms with E-state index in [0.717, 1.165) is 33.5 Å². The molecule has 0 unspecified atom stereocenters. The van der Waals surface area contributed by atoms with Crippen LogP contribution in [0, 0.1) is 13.8 Å². The van der Waals surface area contributed by atoms with Crippen LogP contribution in [0.3, 0.4) is 0 Å². The van der Waals surface area contributed by atoms with Crippen molar-refractivity contribution in [2.24, 2.45) is 0 Å². The van der Waals surface area contributed by atoms with Crippen LogP contribution >= 0.6 is 0 Å². The van der Waals surface area contributed by atoms with Crippen LogP contribution in [0.25, 0.3) is 10.9 Å². The van der Waals surface area contributed by atoms with Gasteiger partial charge in [0.1, 0.15) is 17.8 Å². The largest absolute Gasteiger partial charge is 0.496 e. The van der Waals surface area contributed by atoms with E-state index in [1.54, 1.807) is 7.11 Å². The van der Waals surface area contributed by atoms with Gasteiger partial charge in [-0.05, 0) is 49.2 Å². The van der Waals surface area contributed by atoms with Crippen LogP contribution in [0.4, 0.5) is 0 Å². The number of aryl methyl sites for hydroxylation is 2. The summed E-state index contributed by atoms with van der Waals surface area (Å²) in [5.74, 6) is 2.09. The number of nitrogens with zero attached hydrogens (tertiary/aromatic N) is 2. The van der Waals surface area contributed by atoms with Crippen molar-refractivity contribution in [1.82, 2.24) is 9.97 Å². The number of rotatable bonds is 3. The Balaban J connectivity index is 2.09. The quantitative estimate of drug-likeness (QED) is 0.726. The lowest BCUT2D eigenvalue weighted by Crippen LogP contribution is -1.94. The van der Waals surface area contributed by atoms with E-state index >= 15 is 0 Å². The van der Waals surface area contributed by atoms with E-state index in [9.17, 15) is 0 Å². The molecule has 2 aromatic carbocycles. The van der Waals surface area contributed by atoms with Gasteiger partial charge in [0.05, 0.1) is 18.0 Å². The second-order valence-corrected chi connectivity index (χ2v) is 4.94. The van der Waals surface area contributed by atoms with E-state index in [2.05, 4.69) is 9.97 Å². The van der Waals surface area contributed by atoms with Crippen LogP contribution in [-0.2, 0) is 0 Å². The van der Waals surface area contributed by atoms with Crippen LogP contribution in [-0.4, -0.2) is 17.1 Å². The molecule has 0 radical (unpaired) electrons. The van der Waals surface area contributed by atoms with E-state index in [-0.39, 0.29) is 0 Å². The number of aromatic nitrogens is 2. The van der Waals surface area contributed by atoms with Gasteiger partial charge in [0.15, 0.2) is 0 Å². The fourth-order valence-electron chi connectivity index (χ4n) is 2.26. The molecule has 0 saturated heterocycles. The maximum Gasteiger partial charge on any atom is 0.230 e. The third-order valence-corrected chi connectivity index (χ3v) is 3.32. The van der Waals surface area contributed by atoms with E-state index < -0.39 is 0 Å². The number of fused-ring (bicyclic) bond motifs is 1. The van der Waals surface area contributed by atoms with Crippen molar-refractivity contribution in [2.45, 2.75) is 13.8 Å². The van der Waals surface area contributed by atoms with Crippen LogP contribution in [0.15, 0.2) is 42.7 Å². The second-order valence-electron chi connectivity index (χ2n) is 4.94. The first kappa shape index (κ1) is 13.4. The first-order valence-corrected chi connectivity index (χ1v) is 6.71. The summed E-state index contributed by atoms with van der Waals surface area (Å²) in [7, 11) is 1.65. The fraction of sp³-hybridized carbons (Fsp3) is 0.176. The summed E-state index contributed by atoms with van der Waals surface area (Å²) in [6.45, 7) is 4.01. The molecule has 0 aliphatic heterocycles. The standard InChI is InChI=1S/C17H16N2O2/c1-11-5-4-6-13(7-11)21-17-14-9-16(20-3)12(2)8-15(14)18-10-19-17/h4-10H,1-3H3. The summed E-state index contributed by atoms with van der Waals surface area (Å²) in [5.41, 5.74) is 3.01. The van der Waals surface area contributed by atoms with Crippen LogP contribution < -0.4 is 9.47 Å². The van der Waals surface area contributed by atoms with Gasteiger partial charge >= 0.3 is 0 Å². The highest BCUT2D eigenvalue weighted by Crippen LogP contribution is 2.31. The Labute approximate surface area is 123 Å². The van der Waals surface area contributed by atoms with Gasteiger partial charge in [0.2, 0.25) is 5.88 Å². The second kappa shape index (κ2) is 5.40. The summed E-state index contributed by atoms with van der Waals surface area (Å²) in [6, 6.07) is 11.7. The molecule has 1 aromatic heterocycles. The average Bonchev–Trinajstić information content (AvgIpc) is 2.47. The van der Waals surface area contributed by atoms with Crippen molar-refractivity contribution in [3.63, 3.8) is 0 Å². The molecule has 3 rings (SSSR count). The molecule has 0 atom stereocenters. The molecule has 0 bridgehead atoms. The zero-order valence-electron chi connectivity index (χ0n) is 12.3. The first-order valence-electron chi connectivity index (χ1n) is 6.71. The zero-order valence-corrected chi connectivity index (χ0v) is 12.3. The number of hydrogen-bond acceptors (Lipinski definition) is 4. The Morgan fingerprint density at radius 2 is 1.86 bits per heavy atom. The molecule has 0 fully saturated rings. The van der Waals surface area contributed by atoms with Gasteiger partial charge < -0.3 is 9.47 Å². The van der Waals surface area contributed by atoms with Crippen molar-refractivity contribution < 1.29 is 9.47 Å². The van der Waals surface area contributed by atoms with Gasteiger partial charge in [-0.25, -0.2) is 9.97 Å². The first-order chi connectivity index (χ1) is 10.2. The van der Waals surface area contributed by atoms with Crippen molar-refractivity contribution in [3.8, 4) is 17.4 Å². The van der Waals surface area contributed by atoms with E-state index in [4.69, 9.17) is 9.47 Å². The summed E-state index contributed by atoms with van der Waals surface area (Å²) in [4.78, 5) is 8.54. The summed E-state index contributed by atoms with van der Waals surface area (Å²) in [6.07, 6.45) is 1.51. The third kappa shape index (κ3) is 2.65. The van der Waals surface area contributed by atoms with Gasteiger partial charge in [-0.15, -0.1) is 0 Å². The molecule has 0 aliphatic rings. The minimum absolute atomic E-state index is 0.531. The topological polar surface area (TPSA) is 44.2 Å². The molecule has 106 valence electrons. The molecule has 3 aromatic rings. The molecule has 4 nitrogen and oxygen atoms in total. The van der Waals surface area contributed by atoms with E-state index in [0.29, 0.717) is 5.88 Å². The highest BCUT2D eigenvalue weighted by Gasteiger charge is 2.10. The molecule has 0 saturated carbocycles. The van der Waals surface area contributed by atoms with Crippen molar-refractivity contribution in [1.29, 1.82) is 0 Å². The zero-order chi connectivity index (χ0) is 14.8. The lowest BCUT2D eigenvalue weighted by atomic mass is 10.1. The Morgan fingerprint density at radius 1 is 1.00 bits per heavy atom. The Kier molecular flexibility index (Phi) is 3.44. The molecular formula is C17H16N2O2. The monoisotopic (exact) mass is 280 g/mol. The smallest absolute Gasteiger partial charge is 0.230 e. The Bertz CT molecular complexity index is 800. The number of benzene rings is 2. The molecule has 21 heavy (non-hydrogen) atoms. The van der Waals surface area contributed by atoms with E-state index in [1.165, 1.54) is 6.33 Å². The fourth-order valence-corrected chi connectivity index (χ4v) is 2.26. The van der Waals surface area contributed by atoms with Crippen molar-refractivity contribution in [3.05, 3.63) is 53.9 Å². The predicted octanol–water partition coefficient (Wildman–Crippen LogP) is 4.05. The van der Waals surface area contributed by atoms with Gasteiger partial charge in [-0.1, -0.05) is 12.1 Å². The third-order valence-electron chi connectivity index (χ3n) is 3.32. The normalized spacial score (nSPS) is 10.6. The minimum atomic E-state index is 0.531. The summed E-state index contributed by atoms with van der Waals surface area (Å²) >= 11 is 0. The molecule has 0 spiro atoms. The Hall–Kier alpha value is -2.62. The lowest BCUT2D eigenvalue weighted by molar-refractivity contribution is 0.412. The van der Waals surface area contributed by atoms with E-state index in [1.807, 2.05) is 50.2 Å². The summed E-state index contributed by atoms with van der Waals surface area (Å²) < 4.78 is 11.3. The predicted molar refractivity (Wildman–Crippen MR) is 82.1 cm³/mol. The van der Waals surface area contributed by atoms with Crippen molar-refractivity contribution in [2.75, 3.05) is 7.11 Å². The molecule has 0 N–H and O–H groups in total. The van der Waals surface area contributed by atoms with Gasteiger partial charge in [0.25, 0.3) is 0 Å². The number of methoxy groups -OCH3 is 1. The SMILES string of the molecule is COc1cc2c(Oc3cccc(C)c3)ncnc2cc1C. The molecule has 4 heteroatoms. The number of hydrogen-bond donors (Lipinski definition) is 0. The molecule has 0 amide bonds. The number of ether oxygens (including phenoxy) is 2. The molecule has 0 aliphatic carbocycles. The molecule has 1 heterocycles. The average molecular weight is 280 g/mol.